The van der Waals surface area contributed by atoms with Crippen molar-refractivity contribution in [3.63, 3.8) is 0 Å². The fourth-order valence-corrected chi connectivity index (χ4v) is 5.00. The fraction of sp³-hybridized carbons (Fsp3) is 0.219. The molecule has 0 unspecified atom stereocenters. The Morgan fingerprint density at radius 1 is 0.771 bits per heavy atom. The molecule has 0 bridgehead atoms. The molecule has 3 heteroatoms. The van der Waals surface area contributed by atoms with Gasteiger partial charge in [0.05, 0.1) is 5.41 Å². The van der Waals surface area contributed by atoms with Crippen LogP contribution in [0.2, 0.25) is 0 Å². The summed E-state index contributed by atoms with van der Waals surface area (Å²) in [5.41, 5.74) is 2.90. The molecule has 4 aromatic rings. The topological polar surface area (TPSA) is 29.5 Å². The molecular formula is C32H33NO2. The van der Waals surface area contributed by atoms with Crippen molar-refractivity contribution in [1.82, 2.24) is 4.90 Å². The molecule has 0 aromatic heterocycles. The summed E-state index contributed by atoms with van der Waals surface area (Å²) in [6, 6.07) is 38.0. The maximum absolute atomic E-state index is 14.6. The van der Waals surface area contributed by atoms with Crippen molar-refractivity contribution < 1.29 is 9.53 Å². The van der Waals surface area contributed by atoms with Crippen LogP contribution < -0.4 is 4.74 Å². The molecule has 0 saturated heterocycles. The first-order valence-electron chi connectivity index (χ1n) is 12.1. The zero-order chi connectivity index (χ0) is 24.7. The van der Waals surface area contributed by atoms with E-state index < -0.39 is 5.41 Å². The number of rotatable bonds is 10. The Labute approximate surface area is 209 Å². The van der Waals surface area contributed by atoms with Crippen molar-refractivity contribution in [2.75, 3.05) is 20.6 Å². The van der Waals surface area contributed by atoms with Crippen molar-refractivity contribution in [2.24, 2.45) is 5.92 Å². The number of carbonyl (C=O) groups excluding carboxylic acids is 1. The fourth-order valence-electron chi connectivity index (χ4n) is 5.00. The second-order valence-corrected chi connectivity index (χ2v) is 9.33. The van der Waals surface area contributed by atoms with Crippen LogP contribution in [0.25, 0.3) is 0 Å². The molecule has 0 aliphatic heterocycles. The quantitative estimate of drug-likeness (QED) is 0.247. The lowest BCUT2D eigenvalue weighted by Crippen LogP contribution is -2.46. The van der Waals surface area contributed by atoms with Gasteiger partial charge in [0.1, 0.15) is 12.4 Å². The summed E-state index contributed by atoms with van der Waals surface area (Å²) >= 11 is 0. The van der Waals surface area contributed by atoms with Gasteiger partial charge in [-0.2, -0.15) is 0 Å². The van der Waals surface area contributed by atoms with Crippen molar-refractivity contribution >= 4 is 5.78 Å². The molecule has 35 heavy (non-hydrogen) atoms. The van der Waals surface area contributed by atoms with Gasteiger partial charge >= 0.3 is 0 Å². The van der Waals surface area contributed by atoms with Crippen molar-refractivity contribution in [3.8, 4) is 5.75 Å². The number of hydrogen-bond acceptors (Lipinski definition) is 3. The normalized spacial score (nSPS) is 12.3. The van der Waals surface area contributed by atoms with Crippen molar-refractivity contribution in [2.45, 2.75) is 18.9 Å². The standard InChI is InChI=1S/C32H33NO2/c1-25(23-33(2)3)32(28-17-9-5-10-18-28,29-19-11-6-12-20-29)31(34)27-16-13-21-30(22-27)35-24-26-14-7-4-8-15-26/h4-22,25H,23-24H2,1-3H3/t25-/m1/s1. The van der Waals surface area contributed by atoms with Crippen LogP contribution in [-0.2, 0) is 12.0 Å². The molecule has 0 spiro atoms. The molecule has 3 nitrogen and oxygen atoms in total. The zero-order valence-corrected chi connectivity index (χ0v) is 20.7. The van der Waals surface area contributed by atoms with Gasteiger partial charge in [-0.15, -0.1) is 0 Å². The lowest BCUT2D eigenvalue weighted by atomic mass is 9.62. The van der Waals surface area contributed by atoms with E-state index in [-0.39, 0.29) is 11.7 Å². The maximum Gasteiger partial charge on any atom is 0.178 e. The minimum absolute atomic E-state index is 0.0173. The third-order valence-corrected chi connectivity index (χ3v) is 6.54. The van der Waals surface area contributed by atoms with Crippen LogP contribution in [-0.4, -0.2) is 31.3 Å². The first-order chi connectivity index (χ1) is 17.0. The van der Waals surface area contributed by atoms with E-state index in [1.54, 1.807) is 0 Å². The smallest absolute Gasteiger partial charge is 0.178 e. The summed E-state index contributed by atoms with van der Waals surface area (Å²) < 4.78 is 6.07. The van der Waals surface area contributed by atoms with E-state index in [9.17, 15) is 4.79 Å². The average Bonchev–Trinajstić information content (AvgIpc) is 2.89. The Morgan fingerprint density at radius 2 is 1.31 bits per heavy atom. The van der Waals surface area contributed by atoms with Gasteiger partial charge < -0.3 is 9.64 Å². The van der Waals surface area contributed by atoms with E-state index in [2.05, 4.69) is 50.2 Å². The predicted molar refractivity (Wildman–Crippen MR) is 143 cm³/mol. The van der Waals surface area contributed by atoms with E-state index in [0.29, 0.717) is 17.9 Å². The van der Waals surface area contributed by atoms with Gasteiger partial charge in [-0.05, 0) is 48.8 Å². The van der Waals surface area contributed by atoms with Gasteiger partial charge in [0, 0.05) is 12.1 Å². The highest BCUT2D eigenvalue weighted by Gasteiger charge is 2.46. The second-order valence-electron chi connectivity index (χ2n) is 9.33. The van der Waals surface area contributed by atoms with Gasteiger partial charge in [-0.3, -0.25) is 4.79 Å². The van der Waals surface area contributed by atoms with Crippen molar-refractivity contribution in [3.05, 3.63) is 138 Å². The zero-order valence-electron chi connectivity index (χ0n) is 20.7. The monoisotopic (exact) mass is 463 g/mol. The lowest BCUT2D eigenvalue weighted by molar-refractivity contribution is 0.0850. The highest BCUT2D eigenvalue weighted by atomic mass is 16.5. The molecule has 0 aliphatic carbocycles. The number of benzene rings is 4. The van der Waals surface area contributed by atoms with Crippen LogP contribution in [0.4, 0.5) is 0 Å². The molecule has 1 atom stereocenters. The molecule has 0 heterocycles. The van der Waals surface area contributed by atoms with Crippen LogP contribution in [0.15, 0.2) is 115 Å². The van der Waals surface area contributed by atoms with Crippen LogP contribution in [0.3, 0.4) is 0 Å². The summed E-state index contributed by atoms with van der Waals surface area (Å²) in [6.45, 7) is 3.39. The van der Waals surface area contributed by atoms with Crippen LogP contribution in [0.1, 0.15) is 34.0 Å². The Hall–Kier alpha value is -3.69. The number of ether oxygens (including phenoxy) is 1. The summed E-state index contributed by atoms with van der Waals surface area (Å²) in [4.78, 5) is 16.8. The summed E-state index contributed by atoms with van der Waals surface area (Å²) in [7, 11) is 4.11. The first-order valence-corrected chi connectivity index (χ1v) is 12.1. The molecule has 4 aromatic carbocycles. The number of hydrogen-bond donors (Lipinski definition) is 0. The molecule has 178 valence electrons. The van der Waals surface area contributed by atoms with Gasteiger partial charge in [0.25, 0.3) is 0 Å². The van der Waals surface area contributed by atoms with Gasteiger partial charge in [-0.25, -0.2) is 0 Å². The van der Waals surface area contributed by atoms with Crippen LogP contribution >= 0.6 is 0 Å². The predicted octanol–water partition coefficient (Wildman–Crippen LogP) is 6.63. The van der Waals surface area contributed by atoms with Crippen molar-refractivity contribution in [1.29, 1.82) is 0 Å². The molecule has 4 rings (SSSR count). The third kappa shape index (κ3) is 5.36. The summed E-state index contributed by atoms with van der Waals surface area (Å²) in [5.74, 6) is 0.785. The molecular weight excluding hydrogens is 430 g/mol. The molecule has 0 aliphatic rings. The van der Waals surface area contributed by atoms with Gasteiger partial charge in [-0.1, -0.05) is 110 Å². The Bertz CT molecular complexity index is 1180. The lowest BCUT2D eigenvalue weighted by Gasteiger charge is -2.40. The number of nitrogens with zero attached hydrogens (tertiary/aromatic N) is 1. The van der Waals surface area contributed by atoms with E-state index in [4.69, 9.17) is 4.74 Å². The highest BCUT2D eigenvalue weighted by Crippen LogP contribution is 2.43. The van der Waals surface area contributed by atoms with Gasteiger partial charge in [0.15, 0.2) is 5.78 Å². The first kappa shape index (κ1) is 24.4. The average molecular weight is 464 g/mol. The Morgan fingerprint density at radius 3 is 1.86 bits per heavy atom. The van der Waals surface area contributed by atoms with E-state index >= 15 is 0 Å². The minimum Gasteiger partial charge on any atom is -0.489 e. The maximum atomic E-state index is 14.6. The molecule has 0 fully saturated rings. The second kappa shape index (κ2) is 11.2. The molecule has 0 N–H and O–H groups in total. The number of ketones is 1. The summed E-state index contributed by atoms with van der Waals surface area (Å²) in [6.07, 6.45) is 0. The van der Waals surface area contributed by atoms with E-state index in [0.717, 1.165) is 23.2 Å². The molecule has 0 saturated carbocycles. The number of carbonyl (C=O) groups is 1. The van der Waals surface area contributed by atoms with Gasteiger partial charge in [0.2, 0.25) is 0 Å². The third-order valence-electron chi connectivity index (χ3n) is 6.54. The molecule has 0 amide bonds. The largest absolute Gasteiger partial charge is 0.489 e. The number of Topliss-reactive ketones (excluding diaryl/α,β-unsaturated/α-hetero) is 1. The minimum atomic E-state index is -0.842. The van der Waals surface area contributed by atoms with E-state index in [1.165, 1.54) is 0 Å². The molecule has 0 radical (unpaired) electrons. The Kier molecular flexibility index (Phi) is 7.79. The SMILES string of the molecule is C[C@H](CN(C)C)C(C(=O)c1cccc(OCc2ccccc2)c1)(c1ccccc1)c1ccccc1. The van der Waals surface area contributed by atoms with Crippen LogP contribution in [0, 0.1) is 5.92 Å². The van der Waals surface area contributed by atoms with Crippen LogP contribution in [0.5, 0.6) is 5.75 Å². The summed E-state index contributed by atoms with van der Waals surface area (Å²) in [5, 5.41) is 0. The highest BCUT2D eigenvalue weighted by molar-refractivity contribution is 6.07. The Balaban J connectivity index is 1.79. The van der Waals surface area contributed by atoms with E-state index in [1.807, 2.05) is 91.0 Å².